The molecule has 8 heteroatoms. The zero-order valence-electron chi connectivity index (χ0n) is 15.5. The van der Waals surface area contributed by atoms with Gasteiger partial charge in [0.2, 0.25) is 0 Å². The van der Waals surface area contributed by atoms with E-state index in [2.05, 4.69) is 0 Å². The summed E-state index contributed by atoms with van der Waals surface area (Å²) in [5, 5.41) is 0. The summed E-state index contributed by atoms with van der Waals surface area (Å²) in [6.07, 6.45) is 5.10. The Morgan fingerprint density at radius 1 is 0.769 bits per heavy atom. The maximum absolute atomic E-state index is 11.3. The van der Waals surface area contributed by atoms with Gasteiger partial charge in [0.1, 0.15) is 24.4 Å². The van der Waals surface area contributed by atoms with Gasteiger partial charge in [0.15, 0.2) is 12.6 Å². The minimum atomic E-state index is -0.511. The van der Waals surface area contributed by atoms with E-state index in [1.807, 2.05) is 0 Å². The van der Waals surface area contributed by atoms with Crippen molar-refractivity contribution < 1.29 is 38.0 Å². The van der Waals surface area contributed by atoms with Gasteiger partial charge in [0.25, 0.3) is 0 Å². The maximum atomic E-state index is 11.3. The van der Waals surface area contributed by atoms with Crippen molar-refractivity contribution in [2.75, 3.05) is 14.2 Å². The van der Waals surface area contributed by atoms with Crippen molar-refractivity contribution in [2.45, 2.75) is 63.7 Å². The molecule has 2 aliphatic rings. The molecule has 6 atom stereocenters. The molecule has 0 unspecified atom stereocenters. The topological polar surface area (TPSA) is 89.5 Å². The van der Waals surface area contributed by atoms with Gasteiger partial charge in [0, 0.05) is 28.1 Å². The van der Waals surface area contributed by atoms with Gasteiger partial charge >= 0.3 is 11.9 Å². The highest BCUT2D eigenvalue weighted by molar-refractivity contribution is 5.66. The Hall–Kier alpha value is -1.74. The molecular formula is C18H26O8. The summed E-state index contributed by atoms with van der Waals surface area (Å²) in [5.74, 6) is -0.781. The second-order valence-electron chi connectivity index (χ2n) is 6.05. The van der Waals surface area contributed by atoms with Crippen molar-refractivity contribution in [3.63, 3.8) is 0 Å². The molecule has 0 aromatic carbocycles. The average Bonchev–Trinajstić information content (AvgIpc) is 2.60. The van der Waals surface area contributed by atoms with E-state index in [1.165, 1.54) is 28.1 Å². The van der Waals surface area contributed by atoms with Crippen LogP contribution in [0.4, 0.5) is 0 Å². The van der Waals surface area contributed by atoms with Gasteiger partial charge in [-0.1, -0.05) is 0 Å². The van der Waals surface area contributed by atoms with Crippen LogP contribution in [0.15, 0.2) is 24.3 Å². The Bertz CT molecular complexity index is 495. The van der Waals surface area contributed by atoms with Gasteiger partial charge in [0.05, 0.1) is 0 Å². The molecule has 26 heavy (non-hydrogen) atoms. The Kier molecular flexibility index (Phi) is 7.77. The number of esters is 2. The molecule has 2 rings (SSSR count). The monoisotopic (exact) mass is 370 g/mol. The van der Waals surface area contributed by atoms with Gasteiger partial charge in [-0.05, 0) is 37.1 Å². The fourth-order valence-electron chi connectivity index (χ4n) is 2.91. The molecule has 2 heterocycles. The van der Waals surface area contributed by atoms with Crippen LogP contribution in [0.2, 0.25) is 0 Å². The third-order valence-electron chi connectivity index (χ3n) is 4.07. The summed E-state index contributed by atoms with van der Waals surface area (Å²) in [4.78, 5) is 22.6. The molecule has 0 aromatic heterocycles. The Labute approximate surface area is 153 Å². The van der Waals surface area contributed by atoms with E-state index in [-0.39, 0.29) is 0 Å². The molecule has 0 radical (unpaired) electrons. The van der Waals surface area contributed by atoms with Crippen LogP contribution >= 0.6 is 0 Å². The van der Waals surface area contributed by atoms with Crippen molar-refractivity contribution in [2.24, 2.45) is 0 Å². The first-order valence-corrected chi connectivity index (χ1v) is 8.50. The summed E-state index contributed by atoms with van der Waals surface area (Å²) >= 11 is 0. The van der Waals surface area contributed by atoms with Crippen LogP contribution in [-0.2, 0) is 38.0 Å². The smallest absolute Gasteiger partial charge is 0.303 e. The molecule has 0 bridgehead atoms. The fraction of sp³-hybridized carbons (Fsp3) is 0.667. The second kappa shape index (κ2) is 9.82. The normalized spacial score (nSPS) is 33.7. The third kappa shape index (κ3) is 5.91. The van der Waals surface area contributed by atoms with Crippen molar-refractivity contribution in [3.05, 3.63) is 24.3 Å². The van der Waals surface area contributed by atoms with Crippen molar-refractivity contribution >= 4 is 11.9 Å². The van der Waals surface area contributed by atoms with Crippen molar-refractivity contribution in [3.8, 4) is 0 Å². The molecule has 0 N–H and O–H groups in total. The van der Waals surface area contributed by atoms with Crippen molar-refractivity contribution in [1.82, 2.24) is 0 Å². The maximum Gasteiger partial charge on any atom is 0.303 e. The standard InChI is InChI=1S/C18H26O8/c1-11(19)23-13-7-9-17(21-3)25-15(13)5-6-16-14(24-12(2)20)8-10-18(22-4)26-16/h7-10,13-18H,5-6H2,1-4H3/t13-,14+,15-,16+,17+,18-. The molecule has 0 spiro atoms. The molecule has 0 saturated heterocycles. The zero-order chi connectivity index (χ0) is 19.1. The molecule has 0 amide bonds. The Morgan fingerprint density at radius 3 is 1.46 bits per heavy atom. The lowest BCUT2D eigenvalue weighted by molar-refractivity contribution is -0.191. The SMILES string of the molecule is CO[C@H]1C=C[C@H](OC(C)=O)[C@H](CC[C@H]2O[C@H](OC)C=C[C@H]2OC(C)=O)O1. The summed E-state index contributed by atoms with van der Waals surface area (Å²) in [6, 6.07) is 0. The van der Waals surface area contributed by atoms with Gasteiger partial charge < -0.3 is 28.4 Å². The summed E-state index contributed by atoms with van der Waals surface area (Å²) in [5.41, 5.74) is 0. The van der Waals surface area contributed by atoms with Crippen LogP contribution in [0.1, 0.15) is 26.7 Å². The quantitative estimate of drug-likeness (QED) is 0.492. The molecule has 8 nitrogen and oxygen atoms in total. The number of hydrogen-bond donors (Lipinski definition) is 0. The van der Waals surface area contributed by atoms with E-state index >= 15 is 0 Å². The highest BCUT2D eigenvalue weighted by Gasteiger charge is 2.34. The van der Waals surface area contributed by atoms with E-state index in [0.717, 1.165) is 0 Å². The van der Waals surface area contributed by atoms with Crippen LogP contribution < -0.4 is 0 Å². The first kappa shape index (κ1) is 20.6. The lowest BCUT2D eigenvalue weighted by Crippen LogP contribution is -2.42. The molecule has 0 aliphatic carbocycles. The summed E-state index contributed by atoms with van der Waals surface area (Å²) < 4.78 is 32.6. The Balaban J connectivity index is 2.02. The van der Waals surface area contributed by atoms with Crippen LogP contribution in [0.25, 0.3) is 0 Å². The third-order valence-corrected chi connectivity index (χ3v) is 4.07. The van der Waals surface area contributed by atoms with Gasteiger partial charge in [-0.2, -0.15) is 0 Å². The minimum absolute atomic E-state index is 0.391. The fourth-order valence-corrected chi connectivity index (χ4v) is 2.91. The predicted molar refractivity (Wildman–Crippen MR) is 90.0 cm³/mol. The van der Waals surface area contributed by atoms with E-state index < -0.39 is 48.9 Å². The average molecular weight is 370 g/mol. The number of carbonyl (C=O) groups excluding carboxylic acids is 2. The van der Waals surface area contributed by atoms with Crippen LogP contribution in [0.5, 0.6) is 0 Å². The number of hydrogen-bond acceptors (Lipinski definition) is 8. The van der Waals surface area contributed by atoms with Crippen LogP contribution in [-0.4, -0.2) is 63.2 Å². The van der Waals surface area contributed by atoms with Crippen LogP contribution in [0.3, 0.4) is 0 Å². The highest BCUT2D eigenvalue weighted by atomic mass is 16.7. The first-order valence-electron chi connectivity index (χ1n) is 8.50. The molecular weight excluding hydrogens is 344 g/mol. The van der Waals surface area contributed by atoms with E-state index in [0.29, 0.717) is 12.8 Å². The zero-order valence-corrected chi connectivity index (χ0v) is 15.5. The number of ether oxygens (including phenoxy) is 6. The molecule has 146 valence electrons. The molecule has 0 aromatic rings. The first-order chi connectivity index (χ1) is 12.4. The molecule has 0 fully saturated rings. The lowest BCUT2D eigenvalue weighted by atomic mass is 9.99. The van der Waals surface area contributed by atoms with Gasteiger partial charge in [-0.25, -0.2) is 0 Å². The summed E-state index contributed by atoms with van der Waals surface area (Å²) in [7, 11) is 3.07. The van der Waals surface area contributed by atoms with Gasteiger partial charge in [-0.3, -0.25) is 9.59 Å². The molecule has 2 aliphatic heterocycles. The summed E-state index contributed by atoms with van der Waals surface area (Å²) in [6.45, 7) is 2.70. The Morgan fingerprint density at radius 2 is 1.15 bits per heavy atom. The number of methoxy groups -OCH3 is 2. The van der Waals surface area contributed by atoms with E-state index in [9.17, 15) is 9.59 Å². The predicted octanol–water partition coefficient (Wildman–Crippen LogP) is 1.48. The largest absolute Gasteiger partial charge is 0.456 e. The molecule has 0 saturated carbocycles. The number of carbonyl (C=O) groups is 2. The van der Waals surface area contributed by atoms with Gasteiger partial charge in [-0.15, -0.1) is 0 Å². The minimum Gasteiger partial charge on any atom is -0.456 e. The van der Waals surface area contributed by atoms with E-state index in [1.54, 1.807) is 24.3 Å². The lowest BCUT2D eigenvalue weighted by Gasteiger charge is -2.34. The second-order valence-corrected chi connectivity index (χ2v) is 6.05. The number of rotatable bonds is 7. The van der Waals surface area contributed by atoms with Crippen molar-refractivity contribution in [1.29, 1.82) is 0 Å². The highest BCUT2D eigenvalue weighted by Crippen LogP contribution is 2.26. The van der Waals surface area contributed by atoms with Crippen LogP contribution in [0, 0.1) is 0 Å². The van der Waals surface area contributed by atoms with E-state index in [4.69, 9.17) is 28.4 Å².